The first kappa shape index (κ1) is 22.0. The van der Waals surface area contributed by atoms with Gasteiger partial charge in [0.15, 0.2) is 0 Å². The van der Waals surface area contributed by atoms with Gasteiger partial charge in [-0.15, -0.1) is 0 Å². The zero-order valence-electron chi connectivity index (χ0n) is 15.4. The van der Waals surface area contributed by atoms with Crippen LogP contribution in [0.2, 0.25) is 0 Å². The number of benzene rings is 2. The average molecular weight is 488 g/mol. The minimum absolute atomic E-state index is 0.0614. The van der Waals surface area contributed by atoms with Gasteiger partial charge < -0.3 is 0 Å². The van der Waals surface area contributed by atoms with Gasteiger partial charge in [-0.05, 0) is 0 Å². The summed E-state index contributed by atoms with van der Waals surface area (Å²) in [6.45, 7) is 2.29. The first-order chi connectivity index (χ1) is 13.2. The van der Waals surface area contributed by atoms with Crippen LogP contribution in [0.25, 0.3) is 0 Å². The van der Waals surface area contributed by atoms with E-state index in [1.165, 1.54) is 7.22 Å². The van der Waals surface area contributed by atoms with Crippen LogP contribution < -0.4 is 17.0 Å². The van der Waals surface area contributed by atoms with Gasteiger partial charge in [-0.2, -0.15) is 0 Å². The van der Waals surface area contributed by atoms with Gasteiger partial charge in [-0.3, -0.25) is 0 Å². The van der Waals surface area contributed by atoms with E-state index in [4.69, 9.17) is 20.4 Å². The third kappa shape index (κ3) is 6.96. The van der Waals surface area contributed by atoms with Gasteiger partial charge in [-0.25, -0.2) is 0 Å². The number of nitrogens with zero attached hydrogens (tertiary/aromatic N) is 2. The molecule has 0 fully saturated rings. The Morgan fingerprint density at radius 1 is 0.519 bits per heavy atom. The molecule has 0 unspecified atom stereocenters. The predicted molar refractivity (Wildman–Crippen MR) is 111 cm³/mol. The third-order valence-corrected chi connectivity index (χ3v) is 7.02. The van der Waals surface area contributed by atoms with Crippen LogP contribution in [0.4, 0.5) is 11.4 Å². The van der Waals surface area contributed by atoms with Crippen LogP contribution in [0.5, 0.6) is 0 Å². The summed E-state index contributed by atoms with van der Waals surface area (Å²) in [7, 11) is 0. The van der Waals surface area contributed by atoms with E-state index in [1.807, 2.05) is 34.1 Å². The molecular weight excluding hydrogens is 460 g/mol. The van der Waals surface area contributed by atoms with Gasteiger partial charge >= 0.3 is 171 Å². The van der Waals surface area contributed by atoms with Crippen molar-refractivity contribution >= 4 is 39.5 Å². The fourth-order valence-corrected chi connectivity index (χ4v) is 5.14. The second-order valence-electron chi connectivity index (χ2n) is 5.96. The Morgan fingerprint density at radius 2 is 0.815 bits per heavy atom. The van der Waals surface area contributed by atoms with Crippen molar-refractivity contribution in [2.45, 2.75) is 0 Å². The summed E-state index contributed by atoms with van der Waals surface area (Å²) < 4.78 is 2.62. The fourth-order valence-electron chi connectivity index (χ4n) is 2.81. The molecule has 0 heterocycles. The van der Waals surface area contributed by atoms with E-state index in [2.05, 4.69) is 24.3 Å². The monoisotopic (exact) mass is 490 g/mol. The first-order valence-corrected chi connectivity index (χ1v) is 11.4. The summed E-state index contributed by atoms with van der Waals surface area (Å²) in [6, 6.07) is 16.7. The molecule has 0 aliphatic heterocycles. The Hall–Kier alpha value is -1.33. The molecule has 6 nitrogen and oxygen atoms in total. The Balaban J connectivity index is 2.02. The molecule has 27 heavy (non-hydrogen) atoms. The number of hydrogen-bond donors (Lipinski definition) is 4. The summed E-state index contributed by atoms with van der Waals surface area (Å²) >= 11 is -0.506. The summed E-state index contributed by atoms with van der Waals surface area (Å²) in [5.41, 5.74) is 2.02. The SMILES string of the molecule is OCCN(CCO)c1ccc([Te]c2ccc(N(CCO)CCO)cc2)cc1. The zero-order valence-corrected chi connectivity index (χ0v) is 17.7. The van der Waals surface area contributed by atoms with Crippen molar-refractivity contribution < 1.29 is 20.4 Å². The molecule has 0 atom stereocenters. The molecule has 0 aliphatic rings. The summed E-state index contributed by atoms with van der Waals surface area (Å²) in [4.78, 5) is 3.94. The van der Waals surface area contributed by atoms with Gasteiger partial charge in [0.1, 0.15) is 0 Å². The topological polar surface area (TPSA) is 87.4 Å². The number of rotatable bonds is 12. The van der Waals surface area contributed by atoms with Gasteiger partial charge in [0.25, 0.3) is 0 Å². The molecule has 4 N–H and O–H groups in total. The maximum atomic E-state index is 9.15. The van der Waals surface area contributed by atoms with E-state index < -0.39 is 20.9 Å². The van der Waals surface area contributed by atoms with E-state index >= 15 is 0 Å². The van der Waals surface area contributed by atoms with Crippen molar-refractivity contribution in [3.8, 4) is 0 Å². The molecule has 148 valence electrons. The Labute approximate surface area is 170 Å². The van der Waals surface area contributed by atoms with Gasteiger partial charge in [0.2, 0.25) is 0 Å². The summed E-state index contributed by atoms with van der Waals surface area (Å²) in [5, 5.41) is 36.6. The molecule has 0 saturated carbocycles. The van der Waals surface area contributed by atoms with E-state index in [-0.39, 0.29) is 26.4 Å². The Bertz CT molecular complexity index is 583. The van der Waals surface area contributed by atoms with Crippen LogP contribution >= 0.6 is 0 Å². The summed E-state index contributed by atoms with van der Waals surface area (Å²) in [5.74, 6) is 0. The standard InChI is InChI=1S/C20H28N2O4Te/c23-13-9-21(10-14-24)17-1-5-19(6-2-17)27-20-7-3-18(4-8-20)22(11-15-25)12-16-26/h1-8,23-26H,9-16H2. The molecule has 0 aromatic heterocycles. The van der Waals surface area contributed by atoms with Gasteiger partial charge in [0, 0.05) is 0 Å². The van der Waals surface area contributed by atoms with Crippen molar-refractivity contribution in [2.75, 3.05) is 62.4 Å². The zero-order chi connectivity index (χ0) is 19.5. The van der Waals surface area contributed by atoms with Crippen LogP contribution in [0.3, 0.4) is 0 Å². The van der Waals surface area contributed by atoms with Crippen molar-refractivity contribution in [1.82, 2.24) is 0 Å². The van der Waals surface area contributed by atoms with Crippen LogP contribution in [-0.2, 0) is 0 Å². The molecule has 0 amide bonds. The molecule has 0 bridgehead atoms. The van der Waals surface area contributed by atoms with Crippen LogP contribution in [-0.4, -0.2) is 94.0 Å². The van der Waals surface area contributed by atoms with Crippen molar-refractivity contribution in [1.29, 1.82) is 0 Å². The predicted octanol–water partition coefficient (Wildman–Crippen LogP) is -1.08. The Kier molecular flexibility index (Phi) is 9.92. The number of aliphatic hydroxyl groups excluding tert-OH is 4. The van der Waals surface area contributed by atoms with Gasteiger partial charge in [-0.1, -0.05) is 0 Å². The minimum atomic E-state index is -0.506. The maximum absolute atomic E-state index is 9.15. The Morgan fingerprint density at radius 3 is 1.07 bits per heavy atom. The fraction of sp³-hybridized carbons (Fsp3) is 0.400. The molecule has 0 aliphatic carbocycles. The molecule has 2 aromatic rings. The third-order valence-electron chi connectivity index (χ3n) is 4.12. The van der Waals surface area contributed by atoms with Crippen molar-refractivity contribution in [3.05, 3.63) is 48.5 Å². The van der Waals surface area contributed by atoms with Crippen LogP contribution in [0.15, 0.2) is 48.5 Å². The normalized spacial score (nSPS) is 10.8. The molecule has 0 spiro atoms. The van der Waals surface area contributed by atoms with Crippen molar-refractivity contribution in [2.24, 2.45) is 0 Å². The first-order valence-electron chi connectivity index (χ1n) is 9.03. The molecule has 0 radical (unpaired) electrons. The van der Waals surface area contributed by atoms with E-state index in [1.54, 1.807) is 0 Å². The average Bonchev–Trinajstić information content (AvgIpc) is 2.69. The van der Waals surface area contributed by atoms with E-state index in [0.29, 0.717) is 26.2 Å². The molecule has 2 rings (SSSR count). The molecular formula is C20H28N2O4Te. The number of hydrogen-bond acceptors (Lipinski definition) is 6. The summed E-state index contributed by atoms with van der Waals surface area (Å²) in [6.07, 6.45) is 0. The van der Waals surface area contributed by atoms with Crippen LogP contribution in [0.1, 0.15) is 0 Å². The molecule has 0 saturated heterocycles. The number of anilines is 2. The van der Waals surface area contributed by atoms with Crippen molar-refractivity contribution in [3.63, 3.8) is 0 Å². The number of aliphatic hydroxyl groups is 4. The second-order valence-corrected chi connectivity index (χ2v) is 9.23. The van der Waals surface area contributed by atoms with Crippen LogP contribution in [0, 0.1) is 0 Å². The molecule has 2 aromatic carbocycles. The van der Waals surface area contributed by atoms with E-state index in [9.17, 15) is 0 Å². The van der Waals surface area contributed by atoms with Gasteiger partial charge in [0.05, 0.1) is 0 Å². The second kappa shape index (κ2) is 12.2. The van der Waals surface area contributed by atoms with E-state index in [0.717, 1.165) is 11.4 Å². The quantitative estimate of drug-likeness (QED) is 0.285. The molecule has 7 heteroatoms.